The molecule has 0 fully saturated rings. The molecule has 0 aliphatic rings. The molecule has 0 aliphatic heterocycles. The van der Waals surface area contributed by atoms with Gasteiger partial charge in [0.15, 0.2) is 0 Å². The topological polar surface area (TPSA) is 98.7 Å². The van der Waals surface area contributed by atoms with Crippen molar-refractivity contribution in [3.05, 3.63) is 28.8 Å². The van der Waals surface area contributed by atoms with Crippen molar-refractivity contribution in [2.45, 2.75) is 19.4 Å². The van der Waals surface area contributed by atoms with Crippen LogP contribution in [0.1, 0.15) is 12.0 Å². The number of anilines is 1. The zero-order valence-electron chi connectivity index (χ0n) is 11.0. The highest BCUT2D eigenvalue weighted by Crippen LogP contribution is 2.23. The number of benzene rings is 1. The average molecular weight is 301 g/mol. The summed E-state index contributed by atoms with van der Waals surface area (Å²) < 4.78 is 0. The van der Waals surface area contributed by atoms with Crippen LogP contribution in [-0.2, 0) is 9.59 Å². The van der Waals surface area contributed by atoms with E-state index in [0.29, 0.717) is 10.7 Å². The van der Waals surface area contributed by atoms with E-state index in [9.17, 15) is 9.59 Å². The van der Waals surface area contributed by atoms with Crippen LogP contribution in [0.2, 0.25) is 5.02 Å². The first-order valence-corrected chi connectivity index (χ1v) is 6.45. The maximum absolute atomic E-state index is 11.8. The number of rotatable bonds is 7. The molecule has 4 N–H and O–H groups in total. The molecule has 20 heavy (non-hydrogen) atoms. The summed E-state index contributed by atoms with van der Waals surface area (Å²) in [5.41, 5.74) is 1.27. The van der Waals surface area contributed by atoms with Crippen molar-refractivity contribution in [1.82, 2.24) is 5.32 Å². The summed E-state index contributed by atoms with van der Waals surface area (Å²) in [4.78, 5) is 22.8. The van der Waals surface area contributed by atoms with Gasteiger partial charge < -0.3 is 20.8 Å². The number of hydrogen-bond donors (Lipinski definition) is 4. The smallest absolute Gasteiger partial charge is 0.321 e. The van der Waals surface area contributed by atoms with Gasteiger partial charge in [-0.05, 0) is 24.6 Å². The van der Waals surface area contributed by atoms with Crippen molar-refractivity contribution in [2.24, 2.45) is 0 Å². The first-order valence-electron chi connectivity index (χ1n) is 6.07. The molecule has 0 saturated carbocycles. The Balaban J connectivity index is 2.66. The number of carbonyl (C=O) groups excluding carboxylic acids is 1. The number of amides is 1. The summed E-state index contributed by atoms with van der Waals surface area (Å²) in [6, 6.07) is 4.05. The Kier molecular flexibility index (Phi) is 6.44. The molecule has 0 radical (unpaired) electrons. The molecule has 0 heterocycles. The van der Waals surface area contributed by atoms with Crippen LogP contribution < -0.4 is 10.6 Å². The highest BCUT2D eigenvalue weighted by molar-refractivity contribution is 6.31. The molecule has 1 atom stereocenters. The van der Waals surface area contributed by atoms with Crippen molar-refractivity contribution in [2.75, 3.05) is 18.5 Å². The number of aliphatic carboxylic acids is 1. The Bertz CT molecular complexity index is 493. The third-order valence-electron chi connectivity index (χ3n) is 2.73. The van der Waals surface area contributed by atoms with Crippen LogP contribution in [-0.4, -0.2) is 41.3 Å². The SMILES string of the molecule is Cc1c(Cl)cccc1NC(=O)CC(NCCO)C(=O)O. The molecule has 1 rings (SSSR count). The molecule has 0 aromatic heterocycles. The predicted molar refractivity (Wildman–Crippen MR) is 75.9 cm³/mol. The van der Waals surface area contributed by atoms with Gasteiger partial charge >= 0.3 is 5.97 Å². The van der Waals surface area contributed by atoms with E-state index in [4.69, 9.17) is 21.8 Å². The molecule has 1 aromatic carbocycles. The molecule has 7 heteroatoms. The van der Waals surface area contributed by atoms with Crippen LogP contribution in [0, 0.1) is 6.92 Å². The number of carboxylic acid groups (broad SMARTS) is 1. The Labute approximate surface area is 121 Å². The number of aliphatic hydroxyl groups is 1. The molecule has 0 spiro atoms. The second-order valence-electron chi connectivity index (χ2n) is 4.23. The minimum absolute atomic E-state index is 0.112. The largest absolute Gasteiger partial charge is 0.480 e. The van der Waals surface area contributed by atoms with Gasteiger partial charge in [0.25, 0.3) is 0 Å². The Morgan fingerprint density at radius 1 is 1.40 bits per heavy atom. The van der Waals surface area contributed by atoms with Gasteiger partial charge in [0.2, 0.25) is 5.91 Å². The second kappa shape index (κ2) is 7.84. The molecule has 110 valence electrons. The number of aliphatic hydroxyl groups excluding tert-OH is 1. The summed E-state index contributed by atoms with van der Waals surface area (Å²) in [5.74, 6) is -1.58. The molecule has 1 amide bonds. The van der Waals surface area contributed by atoms with Gasteiger partial charge in [0.05, 0.1) is 13.0 Å². The first kappa shape index (κ1) is 16.4. The lowest BCUT2D eigenvalue weighted by molar-refractivity contribution is -0.141. The summed E-state index contributed by atoms with van der Waals surface area (Å²) in [6.45, 7) is 1.68. The van der Waals surface area contributed by atoms with Gasteiger partial charge in [0, 0.05) is 17.3 Å². The Morgan fingerprint density at radius 3 is 2.70 bits per heavy atom. The molecule has 6 nitrogen and oxygen atoms in total. The molecule has 0 bridgehead atoms. The Morgan fingerprint density at radius 2 is 2.10 bits per heavy atom. The van der Waals surface area contributed by atoms with Crippen LogP contribution in [0.25, 0.3) is 0 Å². The van der Waals surface area contributed by atoms with E-state index in [1.165, 1.54) is 0 Å². The second-order valence-corrected chi connectivity index (χ2v) is 4.64. The lowest BCUT2D eigenvalue weighted by Crippen LogP contribution is -2.41. The van der Waals surface area contributed by atoms with Crippen molar-refractivity contribution < 1.29 is 19.8 Å². The summed E-state index contributed by atoms with van der Waals surface area (Å²) in [6.07, 6.45) is -0.235. The van der Waals surface area contributed by atoms with Gasteiger partial charge in [-0.25, -0.2) is 0 Å². The zero-order valence-corrected chi connectivity index (χ0v) is 11.8. The van der Waals surface area contributed by atoms with E-state index in [2.05, 4.69) is 10.6 Å². The van der Waals surface area contributed by atoms with Gasteiger partial charge in [0.1, 0.15) is 6.04 Å². The van der Waals surface area contributed by atoms with Crippen molar-refractivity contribution in [1.29, 1.82) is 0 Å². The van der Waals surface area contributed by atoms with Gasteiger partial charge in [-0.15, -0.1) is 0 Å². The van der Waals surface area contributed by atoms with Crippen LogP contribution in [0.5, 0.6) is 0 Å². The molecular formula is C13H17ClN2O4. The molecule has 1 unspecified atom stereocenters. The van der Waals surface area contributed by atoms with Crippen LogP contribution >= 0.6 is 11.6 Å². The predicted octanol–water partition coefficient (Wildman–Crippen LogP) is 1.01. The van der Waals surface area contributed by atoms with Crippen LogP contribution in [0.15, 0.2) is 18.2 Å². The third kappa shape index (κ3) is 4.80. The quantitative estimate of drug-likeness (QED) is 0.602. The lowest BCUT2D eigenvalue weighted by Gasteiger charge is -2.14. The van der Waals surface area contributed by atoms with Crippen molar-refractivity contribution in [3.8, 4) is 0 Å². The average Bonchev–Trinajstić information content (AvgIpc) is 2.39. The normalized spacial score (nSPS) is 11.9. The number of carboxylic acids is 1. The van der Waals surface area contributed by atoms with Gasteiger partial charge in [-0.2, -0.15) is 0 Å². The molecule has 1 aromatic rings. The van der Waals surface area contributed by atoms with Crippen molar-refractivity contribution >= 4 is 29.2 Å². The van der Waals surface area contributed by atoms with E-state index in [-0.39, 0.29) is 19.6 Å². The molecular weight excluding hydrogens is 284 g/mol. The van der Waals surface area contributed by atoms with Gasteiger partial charge in [-0.3, -0.25) is 9.59 Å². The van der Waals surface area contributed by atoms with Gasteiger partial charge in [-0.1, -0.05) is 17.7 Å². The number of carbonyl (C=O) groups is 2. The fourth-order valence-electron chi connectivity index (χ4n) is 1.62. The van der Waals surface area contributed by atoms with E-state index < -0.39 is 17.9 Å². The fourth-order valence-corrected chi connectivity index (χ4v) is 1.79. The van der Waals surface area contributed by atoms with Crippen LogP contribution in [0.4, 0.5) is 5.69 Å². The summed E-state index contributed by atoms with van der Waals surface area (Å²) in [7, 11) is 0. The number of halogens is 1. The maximum Gasteiger partial charge on any atom is 0.321 e. The standard InChI is InChI=1S/C13H17ClN2O4/c1-8-9(14)3-2-4-10(8)16-12(18)7-11(13(19)20)15-5-6-17/h2-4,11,15,17H,5-7H2,1H3,(H,16,18)(H,19,20). The molecule has 0 aliphatic carbocycles. The van der Waals surface area contributed by atoms with Crippen LogP contribution in [0.3, 0.4) is 0 Å². The summed E-state index contributed by atoms with van der Waals surface area (Å²) in [5, 5.41) is 23.4. The van der Waals surface area contributed by atoms with Crippen molar-refractivity contribution in [3.63, 3.8) is 0 Å². The number of hydrogen-bond acceptors (Lipinski definition) is 4. The van der Waals surface area contributed by atoms with E-state index in [0.717, 1.165) is 5.56 Å². The van der Waals surface area contributed by atoms with E-state index in [1.54, 1.807) is 25.1 Å². The highest BCUT2D eigenvalue weighted by Gasteiger charge is 2.20. The third-order valence-corrected chi connectivity index (χ3v) is 3.14. The first-order chi connectivity index (χ1) is 9.45. The maximum atomic E-state index is 11.8. The van der Waals surface area contributed by atoms with E-state index in [1.807, 2.05) is 0 Å². The minimum Gasteiger partial charge on any atom is -0.480 e. The number of nitrogens with one attached hydrogen (secondary N) is 2. The fraction of sp³-hybridized carbons (Fsp3) is 0.385. The monoisotopic (exact) mass is 300 g/mol. The highest BCUT2D eigenvalue weighted by atomic mass is 35.5. The lowest BCUT2D eigenvalue weighted by atomic mass is 10.1. The minimum atomic E-state index is -1.14. The molecule has 0 saturated heterocycles. The Hall–Kier alpha value is -1.63. The summed E-state index contributed by atoms with van der Waals surface area (Å²) >= 11 is 5.94. The van der Waals surface area contributed by atoms with E-state index >= 15 is 0 Å². The zero-order chi connectivity index (χ0) is 15.1.